The highest BCUT2D eigenvalue weighted by atomic mass is 16.5. The summed E-state index contributed by atoms with van der Waals surface area (Å²) in [6, 6.07) is 8.90. The topological polar surface area (TPSA) is 60.4 Å². The number of carbonyl (C=O) groups excluding carboxylic acids is 3. The standard InChI is InChI=1S/C38H48O4/c1-24(2)16-18-28(26(5)6)22-37-23-29(19-17-25(3)4)36(9,10)38(34(37)41)21-20-35(7,8)42-33(38)30(32(37)40)31(39)27-14-12-11-13-15-27/h11-17,20-21,28-29H,5,18-19,22-23H2,1-4,6-10H3/t28-,29+,37+,38-/m0/s1. The zero-order valence-corrected chi connectivity index (χ0v) is 27.0. The number of benzene rings is 1. The summed E-state index contributed by atoms with van der Waals surface area (Å²) in [6.45, 7) is 22.5. The first-order valence-electron chi connectivity index (χ1n) is 15.3. The normalized spacial score (nSPS) is 27.9. The minimum Gasteiger partial charge on any atom is -0.486 e. The average Bonchev–Trinajstić information content (AvgIpc) is 2.90. The van der Waals surface area contributed by atoms with Crippen LogP contribution in [0.2, 0.25) is 0 Å². The molecule has 2 aliphatic carbocycles. The quantitative estimate of drug-likeness (QED) is 0.129. The smallest absolute Gasteiger partial charge is 0.200 e. The maximum Gasteiger partial charge on any atom is 0.200 e. The van der Waals surface area contributed by atoms with Gasteiger partial charge in [0, 0.05) is 5.56 Å². The molecule has 0 amide bonds. The van der Waals surface area contributed by atoms with Crippen LogP contribution in [0.15, 0.2) is 89.3 Å². The van der Waals surface area contributed by atoms with Crippen molar-refractivity contribution in [2.75, 3.05) is 0 Å². The first-order valence-corrected chi connectivity index (χ1v) is 15.3. The number of Topliss-reactive ketones (excluding diaryl/α,β-unsaturated/α-hetero) is 3. The number of ether oxygens (including phenoxy) is 1. The lowest BCUT2D eigenvalue weighted by Gasteiger charge is -2.62. The number of rotatable bonds is 9. The molecule has 1 saturated carbocycles. The van der Waals surface area contributed by atoms with Gasteiger partial charge in [0.25, 0.3) is 0 Å². The number of carbonyl (C=O) groups is 3. The predicted octanol–water partition coefficient (Wildman–Crippen LogP) is 8.95. The predicted molar refractivity (Wildman–Crippen MR) is 170 cm³/mol. The largest absolute Gasteiger partial charge is 0.486 e. The molecule has 0 aromatic heterocycles. The summed E-state index contributed by atoms with van der Waals surface area (Å²) in [5, 5.41) is 0. The Morgan fingerprint density at radius 2 is 1.60 bits per heavy atom. The summed E-state index contributed by atoms with van der Waals surface area (Å²) in [7, 11) is 0. The first kappa shape index (κ1) is 31.7. The van der Waals surface area contributed by atoms with Gasteiger partial charge in [-0.15, -0.1) is 0 Å². The van der Waals surface area contributed by atoms with Crippen molar-refractivity contribution in [2.24, 2.45) is 28.1 Å². The van der Waals surface area contributed by atoms with Gasteiger partial charge in [0.05, 0.1) is 5.41 Å². The summed E-state index contributed by atoms with van der Waals surface area (Å²) >= 11 is 0. The molecule has 0 N–H and O–H groups in total. The molecule has 1 fully saturated rings. The Morgan fingerprint density at radius 3 is 2.17 bits per heavy atom. The second-order valence-corrected chi connectivity index (χ2v) is 14.4. The third-order valence-electron chi connectivity index (χ3n) is 9.95. The molecule has 1 spiro atoms. The molecular weight excluding hydrogens is 520 g/mol. The van der Waals surface area contributed by atoms with E-state index in [0.29, 0.717) is 24.8 Å². The van der Waals surface area contributed by atoms with E-state index >= 15 is 9.59 Å². The Bertz CT molecular complexity index is 1420. The van der Waals surface area contributed by atoms with Crippen LogP contribution in [-0.2, 0) is 14.3 Å². The molecule has 0 unspecified atom stereocenters. The van der Waals surface area contributed by atoms with E-state index in [-0.39, 0.29) is 40.5 Å². The molecule has 1 aromatic carbocycles. The van der Waals surface area contributed by atoms with E-state index in [2.05, 4.69) is 60.3 Å². The summed E-state index contributed by atoms with van der Waals surface area (Å²) in [5.74, 6) is -0.751. The van der Waals surface area contributed by atoms with E-state index < -0.39 is 21.8 Å². The molecule has 0 radical (unpaired) electrons. The van der Waals surface area contributed by atoms with E-state index in [1.54, 1.807) is 24.3 Å². The van der Waals surface area contributed by atoms with E-state index in [1.807, 2.05) is 39.0 Å². The molecule has 4 nitrogen and oxygen atoms in total. The average molecular weight is 569 g/mol. The Kier molecular flexibility index (Phi) is 8.36. The van der Waals surface area contributed by atoms with Crippen LogP contribution in [0.1, 0.15) is 98.4 Å². The van der Waals surface area contributed by atoms with E-state index in [0.717, 1.165) is 12.0 Å². The van der Waals surface area contributed by atoms with Crippen molar-refractivity contribution >= 4 is 17.3 Å². The molecule has 4 rings (SSSR count). The number of fused-ring (bicyclic) bond motifs is 1. The van der Waals surface area contributed by atoms with E-state index in [9.17, 15) is 4.79 Å². The maximum absolute atomic E-state index is 15.2. The van der Waals surface area contributed by atoms with Crippen molar-refractivity contribution in [3.8, 4) is 0 Å². The monoisotopic (exact) mass is 568 g/mol. The zero-order chi connectivity index (χ0) is 31.3. The Labute approximate surface area is 252 Å². The highest BCUT2D eigenvalue weighted by Gasteiger charge is 2.73. The summed E-state index contributed by atoms with van der Waals surface area (Å²) < 4.78 is 6.62. The van der Waals surface area contributed by atoms with Gasteiger partial charge in [0.15, 0.2) is 17.3 Å². The molecule has 1 aromatic rings. The van der Waals surface area contributed by atoms with Crippen LogP contribution in [0.25, 0.3) is 0 Å². The minimum atomic E-state index is -1.37. The van der Waals surface area contributed by atoms with Gasteiger partial charge in [-0.25, -0.2) is 0 Å². The maximum atomic E-state index is 15.2. The van der Waals surface area contributed by atoms with Gasteiger partial charge in [-0.3, -0.25) is 14.4 Å². The molecule has 3 aliphatic rings. The molecule has 42 heavy (non-hydrogen) atoms. The molecule has 1 aliphatic heterocycles. The van der Waals surface area contributed by atoms with Crippen LogP contribution < -0.4 is 0 Å². The van der Waals surface area contributed by atoms with Crippen LogP contribution >= 0.6 is 0 Å². The fraction of sp³-hybridized carbons (Fsp3) is 0.500. The minimum absolute atomic E-state index is 0.00103. The first-order chi connectivity index (χ1) is 19.5. The lowest BCUT2D eigenvalue weighted by molar-refractivity contribution is -0.170. The van der Waals surface area contributed by atoms with Crippen LogP contribution in [-0.4, -0.2) is 23.0 Å². The van der Waals surface area contributed by atoms with Gasteiger partial charge in [-0.1, -0.05) is 85.7 Å². The van der Waals surface area contributed by atoms with Gasteiger partial charge in [-0.2, -0.15) is 0 Å². The van der Waals surface area contributed by atoms with Crippen molar-refractivity contribution in [2.45, 2.75) is 93.6 Å². The molecule has 4 heteroatoms. The number of hydrogen-bond acceptors (Lipinski definition) is 4. The van der Waals surface area contributed by atoms with Gasteiger partial charge in [0.1, 0.15) is 22.3 Å². The van der Waals surface area contributed by atoms with Gasteiger partial charge in [-0.05, 0) is 97.5 Å². The van der Waals surface area contributed by atoms with Crippen molar-refractivity contribution in [1.29, 1.82) is 0 Å². The molecular formula is C38H48O4. The number of allylic oxidation sites excluding steroid dienone is 7. The van der Waals surface area contributed by atoms with Gasteiger partial charge in [0.2, 0.25) is 0 Å². The summed E-state index contributed by atoms with van der Waals surface area (Å²) in [6.07, 6.45) is 10.4. The van der Waals surface area contributed by atoms with Crippen molar-refractivity contribution < 1.29 is 19.1 Å². The molecule has 224 valence electrons. The Balaban J connectivity index is 2.07. The lowest BCUT2D eigenvalue weighted by Crippen LogP contribution is -2.67. The summed E-state index contributed by atoms with van der Waals surface area (Å²) in [4.78, 5) is 44.7. The van der Waals surface area contributed by atoms with Crippen molar-refractivity contribution in [3.05, 3.63) is 94.8 Å². The van der Waals surface area contributed by atoms with Crippen LogP contribution in [0, 0.1) is 28.1 Å². The third kappa shape index (κ3) is 5.12. The van der Waals surface area contributed by atoms with Crippen molar-refractivity contribution in [3.63, 3.8) is 0 Å². The second kappa shape index (κ2) is 11.1. The van der Waals surface area contributed by atoms with Crippen LogP contribution in [0.5, 0.6) is 0 Å². The summed E-state index contributed by atoms with van der Waals surface area (Å²) in [5.41, 5.74) is -0.254. The van der Waals surface area contributed by atoms with E-state index in [4.69, 9.17) is 4.74 Å². The molecule has 2 bridgehead atoms. The van der Waals surface area contributed by atoms with Crippen molar-refractivity contribution in [1.82, 2.24) is 0 Å². The number of ketones is 3. The highest BCUT2D eigenvalue weighted by Crippen LogP contribution is 2.68. The van der Waals surface area contributed by atoms with E-state index in [1.165, 1.54) is 11.1 Å². The Morgan fingerprint density at radius 1 is 0.976 bits per heavy atom. The fourth-order valence-corrected chi connectivity index (χ4v) is 7.23. The molecule has 0 saturated heterocycles. The third-order valence-corrected chi connectivity index (χ3v) is 9.95. The zero-order valence-electron chi connectivity index (χ0n) is 27.0. The van der Waals surface area contributed by atoms with Gasteiger partial charge >= 0.3 is 0 Å². The molecule has 4 atom stereocenters. The van der Waals surface area contributed by atoms with Crippen LogP contribution in [0.4, 0.5) is 0 Å². The van der Waals surface area contributed by atoms with Gasteiger partial charge < -0.3 is 4.74 Å². The fourth-order valence-electron chi connectivity index (χ4n) is 7.23. The SMILES string of the molecule is C=C(C)[C@@H](CC=C(C)C)C[C@@]12C[C@@H](CC=C(C)C)C(C)(C)[C@]3(C=CC(C)(C)OC3=C(C(=O)c3ccccc3)C1=O)C2=O. The Hall–Kier alpha value is -3.27. The second-order valence-electron chi connectivity index (χ2n) is 14.4. The molecule has 1 heterocycles. The highest BCUT2D eigenvalue weighted by molar-refractivity contribution is 6.35. The lowest BCUT2D eigenvalue weighted by atomic mass is 9.40. The van der Waals surface area contributed by atoms with Crippen LogP contribution in [0.3, 0.4) is 0 Å². The number of hydrogen-bond donors (Lipinski definition) is 0.